The highest BCUT2D eigenvalue weighted by atomic mass is 19.1. The van der Waals surface area contributed by atoms with Crippen LogP contribution in [-0.2, 0) is 6.42 Å². The van der Waals surface area contributed by atoms with Gasteiger partial charge in [-0.2, -0.15) is 0 Å². The third kappa shape index (κ3) is 1.72. The van der Waals surface area contributed by atoms with Gasteiger partial charge in [0, 0.05) is 11.3 Å². The molecule has 0 spiro atoms. The predicted molar refractivity (Wildman–Crippen MR) is 44.8 cm³/mol. The second-order valence-corrected chi connectivity index (χ2v) is 2.71. The lowest BCUT2D eigenvalue weighted by Gasteiger charge is -2.03. The van der Waals surface area contributed by atoms with E-state index in [9.17, 15) is 8.78 Å². The van der Waals surface area contributed by atoms with E-state index in [4.69, 9.17) is 5.73 Å². The molecule has 0 heterocycles. The Morgan fingerprint density at radius 3 is 2.17 bits per heavy atom. The van der Waals surface area contributed by atoms with Crippen LogP contribution in [0.5, 0.6) is 0 Å². The lowest BCUT2D eigenvalue weighted by atomic mass is 10.1. The maximum Gasteiger partial charge on any atom is 0.131 e. The molecule has 0 radical (unpaired) electrons. The monoisotopic (exact) mass is 171 g/mol. The molecule has 66 valence electrons. The molecule has 0 unspecified atom stereocenters. The number of benzene rings is 1. The van der Waals surface area contributed by atoms with Gasteiger partial charge in [-0.1, -0.05) is 13.3 Å². The van der Waals surface area contributed by atoms with Gasteiger partial charge in [-0.15, -0.1) is 0 Å². The number of rotatable bonds is 2. The SMILES string of the molecule is CCCc1c(F)cc(N)cc1F. The van der Waals surface area contributed by atoms with Crippen LogP contribution < -0.4 is 5.73 Å². The number of hydrogen-bond acceptors (Lipinski definition) is 1. The van der Waals surface area contributed by atoms with Crippen LogP contribution in [0.4, 0.5) is 14.5 Å². The fraction of sp³-hybridized carbons (Fsp3) is 0.333. The first-order valence-electron chi connectivity index (χ1n) is 3.88. The summed E-state index contributed by atoms with van der Waals surface area (Å²) in [6, 6.07) is 2.29. The molecule has 3 heteroatoms. The predicted octanol–water partition coefficient (Wildman–Crippen LogP) is 2.50. The molecule has 0 saturated carbocycles. The smallest absolute Gasteiger partial charge is 0.131 e. The van der Waals surface area contributed by atoms with Crippen LogP contribution in [0.1, 0.15) is 18.9 Å². The average molecular weight is 171 g/mol. The van der Waals surface area contributed by atoms with Crippen LogP contribution in [0, 0.1) is 11.6 Å². The number of nitrogens with two attached hydrogens (primary N) is 1. The lowest BCUT2D eigenvalue weighted by molar-refractivity contribution is 0.554. The first kappa shape index (κ1) is 8.97. The van der Waals surface area contributed by atoms with Crippen LogP contribution in [0.3, 0.4) is 0 Å². The maximum absolute atomic E-state index is 13.0. The highest BCUT2D eigenvalue weighted by Crippen LogP contribution is 2.17. The molecule has 0 saturated heterocycles. The van der Waals surface area contributed by atoms with Crippen molar-refractivity contribution in [3.63, 3.8) is 0 Å². The number of anilines is 1. The molecule has 1 aromatic rings. The molecule has 2 N–H and O–H groups in total. The molecule has 1 rings (SSSR count). The summed E-state index contributed by atoms with van der Waals surface area (Å²) in [4.78, 5) is 0. The topological polar surface area (TPSA) is 26.0 Å². The van der Waals surface area contributed by atoms with Crippen molar-refractivity contribution >= 4 is 5.69 Å². The summed E-state index contributed by atoms with van der Waals surface area (Å²) in [6.45, 7) is 1.87. The quantitative estimate of drug-likeness (QED) is 0.680. The second kappa shape index (κ2) is 3.52. The van der Waals surface area contributed by atoms with Crippen LogP contribution >= 0.6 is 0 Å². The molecule has 0 aliphatic carbocycles. The van der Waals surface area contributed by atoms with Crippen LogP contribution in [0.25, 0.3) is 0 Å². The molecule has 0 amide bonds. The van der Waals surface area contributed by atoms with Gasteiger partial charge in [0.1, 0.15) is 11.6 Å². The van der Waals surface area contributed by atoms with Crippen molar-refractivity contribution in [3.8, 4) is 0 Å². The van der Waals surface area contributed by atoms with Gasteiger partial charge < -0.3 is 5.73 Å². The van der Waals surface area contributed by atoms with Crippen molar-refractivity contribution in [2.45, 2.75) is 19.8 Å². The number of hydrogen-bond donors (Lipinski definition) is 1. The average Bonchev–Trinajstić information content (AvgIpc) is 1.96. The van der Waals surface area contributed by atoms with Gasteiger partial charge in [0.2, 0.25) is 0 Å². The Bertz CT molecular complexity index is 261. The van der Waals surface area contributed by atoms with Gasteiger partial charge in [-0.05, 0) is 18.6 Å². The van der Waals surface area contributed by atoms with Gasteiger partial charge in [0.05, 0.1) is 0 Å². The summed E-state index contributed by atoms with van der Waals surface area (Å²) in [5, 5.41) is 0. The van der Waals surface area contributed by atoms with Crippen LogP contribution in [0.15, 0.2) is 12.1 Å². The van der Waals surface area contributed by atoms with Crippen LogP contribution in [-0.4, -0.2) is 0 Å². The Balaban J connectivity index is 3.10. The molecule has 0 bridgehead atoms. The van der Waals surface area contributed by atoms with E-state index in [1.165, 1.54) is 0 Å². The molecule has 1 aromatic carbocycles. The van der Waals surface area contributed by atoms with Crippen LogP contribution in [0.2, 0.25) is 0 Å². The van der Waals surface area contributed by atoms with E-state index < -0.39 is 11.6 Å². The van der Waals surface area contributed by atoms with Gasteiger partial charge in [0.25, 0.3) is 0 Å². The molecule has 0 aliphatic heterocycles. The van der Waals surface area contributed by atoms with Crippen molar-refractivity contribution in [2.24, 2.45) is 0 Å². The first-order chi connectivity index (χ1) is 5.65. The van der Waals surface area contributed by atoms with Crippen molar-refractivity contribution in [1.82, 2.24) is 0 Å². The fourth-order valence-electron chi connectivity index (χ4n) is 1.11. The van der Waals surface area contributed by atoms with E-state index in [0.717, 1.165) is 18.6 Å². The summed E-state index contributed by atoms with van der Waals surface area (Å²) in [5.74, 6) is -1.09. The molecule has 0 fully saturated rings. The Kier molecular flexibility index (Phi) is 2.63. The van der Waals surface area contributed by atoms with Gasteiger partial charge in [0.15, 0.2) is 0 Å². The van der Waals surface area contributed by atoms with Crippen molar-refractivity contribution in [1.29, 1.82) is 0 Å². The summed E-state index contributed by atoms with van der Waals surface area (Å²) >= 11 is 0. The van der Waals surface area contributed by atoms with Gasteiger partial charge in [-0.3, -0.25) is 0 Å². The normalized spacial score (nSPS) is 10.2. The van der Waals surface area contributed by atoms with E-state index in [1.54, 1.807) is 0 Å². The minimum absolute atomic E-state index is 0.129. The van der Waals surface area contributed by atoms with Gasteiger partial charge >= 0.3 is 0 Å². The lowest BCUT2D eigenvalue weighted by Crippen LogP contribution is -1.97. The molecule has 1 nitrogen and oxygen atoms in total. The molecular formula is C9H11F2N. The third-order valence-electron chi connectivity index (χ3n) is 1.66. The molecule has 0 atom stereocenters. The molecule has 12 heavy (non-hydrogen) atoms. The molecule has 0 aromatic heterocycles. The standard InChI is InChI=1S/C9H11F2N/c1-2-3-7-8(10)4-6(12)5-9(7)11/h4-5H,2-3,12H2,1H3. The first-order valence-corrected chi connectivity index (χ1v) is 3.88. The zero-order chi connectivity index (χ0) is 9.14. The fourth-order valence-corrected chi connectivity index (χ4v) is 1.11. The van der Waals surface area contributed by atoms with Crippen molar-refractivity contribution in [3.05, 3.63) is 29.3 Å². The molecular weight excluding hydrogens is 160 g/mol. The zero-order valence-electron chi connectivity index (χ0n) is 6.90. The van der Waals surface area contributed by atoms with E-state index in [1.807, 2.05) is 6.92 Å². The van der Waals surface area contributed by atoms with E-state index in [-0.39, 0.29) is 11.3 Å². The Morgan fingerprint density at radius 2 is 1.75 bits per heavy atom. The Labute approximate surface area is 70.2 Å². The number of halogens is 2. The van der Waals surface area contributed by atoms with E-state index in [0.29, 0.717) is 6.42 Å². The maximum atomic E-state index is 13.0. The third-order valence-corrected chi connectivity index (χ3v) is 1.66. The van der Waals surface area contributed by atoms with E-state index in [2.05, 4.69) is 0 Å². The highest BCUT2D eigenvalue weighted by molar-refractivity contribution is 5.41. The molecule has 0 aliphatic rings. The highest BCUT2D eigenvalue weighted by Gasteiger charge is 2.08. The largest absolute Gasteiger partial charge is 0.399 e. The van der Waals surface area contributed by atoms with Crippen molar-refractivity contribution < 1.29 is 8.78 Å². The Morgan fingerprint density at radius 1 is 1.25 bits per heavy atom. The van der Waals surface area contributed by atoms with Gasteiger partial charge in [-0.25, -0.2) is 8.78 Å². The Hall–Kier alpha value is -1.12. The number of nitrogen functional groups attached to an aromatic ring is 1. The summed E-state index contributed by atoms with van der Waals surface area (Å²) < 4.78 is 26.0. The second-order valence-electron chi connectivity index (χ2n) is 2.71. The summed E-state index contributed by atoms with van der Waals surface area (Å²) in [7, 11) is 0. The summed E-state index contributed by atoms with van der Waals surface area (Å²) in [5.41, 5.74) is 5.51. The minimum atomic E-state index is -0.547. The summed E-state index contributed by atoms with van der Waals surface area (Å²) in [6.07, 6.45) is 1.13. The van der Waals surface area contributed by atoms with E-state index >= 15 is 0 Å². The minimum Gasteiger partial charge on any atom is -0.399 e. The van der Waals surface area contributed by atoms with Crippen molar-refractivity contribution in [2.75, 3.05) is 5.73 Å². The zero-order valence-corrected chi connectivity index (χ0v) is 6.90.